The maximum absolute atomic E-state index is 2.44. The monoisotopic (exact) mass is 736 g/mol. The molecule has 0 saturated carbocycles. The van der Waals surface area contributed by atoms with Gasteiger partial charge in [-0.3, -0.25) is 0 Å². The van der Waals surface area contributed by atoms with Crippen molar-refractivity contribution in [2.24, 2.45) is 0 Å². The lowest BCUT2D eigenvalue weighted by Gasteiger charge is -2.30. The van der Waals surface area contributed by atoms with Gasteiger partial charge in [0, 0.05) is 33.2 Å². The van der Waals surface area contributed by atoms with Crippen molar-refractivity contribution in [3.05, 3.63) is 218 Å². The van der Waals surface area contributed by atoms with Crippen LogP contribution in [0.25, 0.3) is 93.5 Å². The summed E-state index contributed by atoms with van der Waals surface area (Å²) in [6.45, 7) is 0. The summed E-state index contributed by atoms with van der Waals surface area (Å²) in [5.74, 6) is 0. The zero-order valence-electron chi connectivity index (χ0n) is 31.7. The van der Waals surface area contributed by atoms with Gasteiger partial charge in [0.25, 0.3) is 0 Å². The van der Waals surface area contributed by atoms with E-state index in [1.165, 1.54) is 93.5 Å². The van der Waals surface area contributed by atoms with Gasteiger partial charge in [0.15, 0.2) is 0 Å². The number of para-hydroxylation sites is 2. The van der Waals surface area contributed by atoms with Crippen molar-refractivity contribution >= 4 is 60.4 Å². The zero-order chi connectivity index (χ0) is 38.2. The number of hydrogen-bond donors (Lipinski definition) is 0. The smallest absolute Gasteiger partial charge is 0.0541 e. The number of nitrogens with zero attached hydrogens (tertiary/aromatic N) is 2. The highest BCUT2D eigenvalue weighted by Crippen LogP contribution is 2.52. The molecule has 1 aromatic heterocycles. The minimum absolute atomic E-state index is 1.11. The second kappa shape index (κ2) is 12.9. The molecule has 1 aliphatic carbocycles. The van der Waals surface area contributed by atoms with Crippen LogP contribution in [0.4, 0.5) is 17.1 Å². The minimum atomic E-state index is 1.11. The van der Waals surface area contributed by atoms with E-state index in [-0.39, 0.29) is 0 Å². The van der Waals surface area contributed by atoms with Crippen LogP contribution in [0.2, 0.25) is 0 Å². The zero-order valence-corrected chi connectivity index (χ0v) is 31.7. The lowest BCUT2D eigenvalue weighted by Crippen LogP contribution is -2.11. The molecule has 10 aromatic carbocycles. The van der Waals surface area contributed by atoms with Crippen molar-refractivity contribution in [2.45, 2.75) is 0 Å². The van der Waals surface area contributed by atoms with Gasteiger partial charge in [0.05, 0.1) is 16.7 Å². The van der Waals surface area contributed by atoms with Crippen LogP contribution in [0, 0.1) is 0 Å². The summed E-state index contributed by atoms with van der Waals surface area (Å²) in [5, 5.41) is 7.52. The molecule has 0 unspecified atom stereocenters. The molecule has 270 valence electrons. The predicted octanol–water partition coefficient (Wildman–Crippen LogP) is 15.5. The summed E-state index contributed by atoms with van der Waals surface area (Å²) >= 11 is 0. The van der Waals surface area contributed by atoms with Gasteiger partial charge in [-0.15, -0.1) is 0 Å². The first kappa shape index (κ1) is 32.6. The molecule has 0 spiro atoms. The van der Waals surface area contributed by atoms with E-state index in [2.05, 4.69) is 228 Å². The number of aromatic nitrogens is 1. The maximum Gasteiger partial charge on any atom is 0.0541 e. The number of fused-ring (bicyclic) bond motifs is 9. The Labute approximate surface area is 337 Å². The van der Waals surface area contributed by atoms with E-state index in [1.54, 1.807) is 0 Å². The Morgan fingerprint density at radius 2 is 0.845 bits per heavy atom. The van der Waals surface area contributed by atoms with Gasteiger partial charge in [-0.25, -0.2) is 0 Å². The standard InChI is InChI=1S/C56H36N2/c1-3-13-37(14-4-1)38-25-28-45(29-26-38)57(55-24-12-18-43-35-51-49-32-40-15-7-8-16-41(40)33-50(49)52(51)36-48(43)55)46-21-11-17-39(31-46)42-27-30-56-53(34-42)47-22-9-10-23-54(47)58(56)44-19-5-2-6-20-44/h1-36H. The molecule has 0 radical (unpaired) electrons. The molecule has 58 heavy (non-hydrogen) atoms. The van der Waals surface area contributed by atoms with Crippen LogP contribution in [0.1, 0.15) is 0 Å². The highest BCUT2D eigenvalue weighted by Gasteiger charge is 2.26. The Morgan fingerprint density at radius 1 is 0.293 bits per heavy atom. The fraction of sp³-hybridized carbons (Fsp3) is 0. The molecule has 1 heterocycles. The Hall–Kier alpha value is -7.68. The van der Waals surface area contributed by atoms with Gasteiger partial charge in [-0.2, -0.15) is 0 Å². The minimum Gasteiger partial charge on any atom is -0.310 e. The third-order valence-corrected chi connectivity index (χ3v) is 12.1. The molecule has 0 fully saturated rings. The topological polar surface area (TPSA) is 8.17 Å². The predicted molar refractivity (Wildman–Crippen MR) is 246 cm³/mol. The third kappa shape index (κ3) is 5.12. The van der Waals surface area contributed by atoms with Crippen LogP contribution in [0.3, 0.4) is 0 Å². The van der Waals surface area contributed by atoms with Crippen LogP contribution >= 0.6 is 0 Å². The van der Waals surface area contributed by atoms with E-state index in [0.29, 0.717) is 0 Å². The fourth-order valence-corrected chi connectivity index (χ4v) is 9.27. The Morgan fingerprint density at radius 3 is 1.62 bits per heavy atom. The second-order valence-electron chi connectivity index (χ2n) is 15.4. The van der Waals surface area contributed by atoms with E-state index >= 15 is 0 Å². The van der Waals surface area contributed by atoms with Gasteiger partial charge < -0.3 is 9.47 Å². The summed E-state index contributed by atoms with van der Waals surface area (Å²) in [5.41, 5.74) is 17.0. The highest BCUT2D eigenvalue weighted by molar-refractivity contribution is 6.14. The van der Waals surface area contributed by atoms with Crippen molar-refractivity contribution in [3.8, 4) is 50.2 Å². The Balaban J connectivity index is 1.02. The van der Waals surface area contributed by atoms with Crippen molar-refractivity contribution in [3.63, 3.8) is 0 Å². The molecular weight excluding hydrogens is 701 g/mol. The first-order chi connectivity index (χ1) is 28.7. The van der Waals surface area contributed by atoms with E-state index in [1.807, 2.05) is 0 Å². The molecule has 11 aromatic rings. The quantitative estimate of drug-likeness (QED) is 0.165. The molecule has 2 heteroatoms. The van der Waals surface area contributed by atoms with Crippen LogP contribution in [0.5, 0.6) is 0 Å². The molecule has 0 aliphatic heterocycles. The molecule has 0 bridgehead atoms. The van der Waals surface area contributed by atoms with E-state index in [9.17, 15) is 0 Å². The van der Waals surface area contributed by atoms with E-state index < -0.39 is 0 Å². The molecule has 1 aliphatic rings. The second-order valence-corrected chi connectivity index (χ2v) is 15.4. The molecular formula is C56H36N2. The lowest BCUT2D eigenvalue weighted by atomic mass is 9.78. The molecule has 0 atom stereocenters. The van der Waals surface area contributed by atoms with Gasteiger partial charge >= 0.3 is 0 Å². The van der Waals surface area contributed by atoms with Gasteiger partial charge in [-0.1, -0.05) is 133 Å². The van der Waals surface area contributed by atoms with Crippen molar-refractivity contribution in [1.82, 2.24) is 4.57 Å². The van der Waals surface area contributed by atoms with Crippen LogP contribution in [0.15, 0.2) is 218 Å². The van der Waals surface area contributed by atoms with E-state index in [0.717, 1.165) is 17.1 Å². The first-order valence-electron chi connectivity index (χ1n) is 20.0. The largest absolute Gasteiger partial charge is 0.310 e. The first-order valence-corrected chi connectivity index (χ1v) is 20.0. The lowest BCUT2D eigenvalue weighted by molar-refractivity contribution is 1.18. The van der Waals surface area contributed by atoms with Crippen molar-refractivity contribution < 1.29 is 0 Å². The normalized spacial score (nSPS) is 11.8. The summed E-state index contributed by atoms with van der Waals surface area (Å²) < 4.78 is 2.38. The van der Waals surface area contributed by atoms with Crippen LogP contribution < -0.4 is 4.90 Å². The van der Waals surface area contributed by atoms with Gasteiger partial charge in [0.2, 0.25) is 0 Å². The number of hydrogen-bond acceptors (Lipinski definition) is 1. The molecule has 0 N–H and O–H groups in total. The Bertz CT molecular complexity index is 3380. The number of anilines is 3. The maximum atomic E-state index is 2.44. The SMILES string of the molecule is c1ccc(-c2ccc(N(c3cccc(-c4ccc5c(c4)c4ccccc4n5-c4ccccc4)c3)c3cccc4cc5c(cc34)-c3cc4ccccc4cc3-5)cc2)cc1. The molecule has 2 nitrogen and oxygen atoms in total. The molecule has 0 amide bonds. The average molecular weight is 737 g/mol. The summed E-state index contributed by atoms with van der Waals surface area (Å²) in [7, 11) is 0. The van der Waals surface area contributed by atoms with Crippen molar-refractivity contribution in [2.75, 3.05) is 4.90 Å². The van der Waals surface area contributed by atoms with E-state index in [4.69, 9.17) is 0 Å². The van der Waals surface area contributed by atoms with Gasteiger partial charge in [0.1, 0.15) is 0 Å². The summed E-state index contributed by atoms with van der Waals surface area (Å²) in [6, 6.07) is 80.0. The van der Waals surface area contributed by atoms with Crippen LogP contribution in [-0.2, 0) is 0 Å². The number of rotatable bonds is 6. The summed E-state index contributed by atoms with van der Waals surface area (Å²) in [4.78, 5) is 2.44. The Kier molecular flexibility index (Phi) is 7.26. The molecule has 12 rings (SSSR count). The summed E-state index contributed by atoms with van der Waals surface area (Å²) in [6.07, 6.45) is 0. The average Bonchev–Trinajstić information content (AvgIpc) is 3.63. The fourth-order valence-electron chi connectivity index (χ4n) is 9.27. The van der Waals surface area contributed by atoms with Crippen LogP contribution in [-0.4, -0.2) is 4.57 Å². The highest BCUT2D eigenvalue weighted by atomic mass is 15.1. The van der Waals surface area contributed by atoms with Gasteiger partial charge in [-0.05, 0) is 146 Å². The van der Waals surface area contributed by atoms with Crippen molar-refractivity contribution in [1.29, 1.82) is 0 Å². The third-order valence-electron chi connectivity index (χ3n) is 12.1. The number of benzene rings is 10. The molecule has 0 saturated heterocycles.